The number of para-hydroxylation sites is 2. The molecule has 0 saturated carbocycles. The molecule has 4 rings (SSSR count). The number of carbonyl (C=O) groups excluding carboxylic acids is 2. The fourth-order valence-electron chi connectivity index (χ4n) is 3.72. The van der Waals surface area contributed by atoms with Gasteiger partial charge in [0.05, 0.1) is 5.75 Å². The highest BCUT2D eigenvalue weighted by Gasteiger charge is 2.36. The Morgan fingerprint density at radius 3 is 2.40 bits per heavy atom. The molecule has 1 aliphatic heterocycles. The zero-order chi connectivity index (χ0) is 21.1. The van der Waals surface area contributed by atoms with E-state index in [1.165, 1.54) is 0 Å². The van der Waals surface area contributed by atoms with Crippen molar-refractivity contribution in [3.63, 3.8) is 0 Å². The normalized spacial score (nSPS) is 16.2. The largest absolute Gasteiger partial charge is 0.322 e. The van der Waals surface area contributed by atoms with Crippen molar-refractivity contribution < 1.29 is 9.59 Å². The average molecular weight is 417 g/mol. The van der Waals surface area contributed by atoms with E-state index in [4.69, 9.17) is 0 Å². The molecule has 1 fully saturated rings. The number of thioether (sulfide) groups is 1. The summed E-state index contributed by atoms with van der Waals surface area (Å²) in [4.78, 5) is 27.5. The van der Waals surface area contributed by atoms with E-state index in [1.807, 2.05) is 65.6 Å². The monoisotopic (exact) mass is 416 g/mol. The Morgan fingerprint density at radius 1 is 0.967 bits per heavy atom. The van der Waals surface area contributed by atoms with Crippen LogP contribution in [-0.2, 0) is 4.79 Å². The minimum absolute atomic E-state index is 0.0855. The van der Waals surface area contributed by atoms with Gasteiger partial charge >= 0.3 is 0 Å². The summed E-state index contributed by atoms with van der Waals surface area (Å²) in [6.07, 6.45) is 0. The summed E-state index contributed by atoms with van der Waals surface area (Å²) in [7, 11) is 0. The van der Waals surface area contributed by atoms with Crippen LogP contribution in [-0.4, -0.2) is 17.6 Å². The van der Waals surface area contributed by atoms with Crippen LogP contribution in [0.15, 0.2) is 78.9 Å². The quantitative estimate of drug-likeness (QED) is 0.568. The van der Waals surface area contributed by atoms with E-state index in [9.17, 15) is 9.59 Å². The van der Waals surface area contributed by atoms with Gasteiger partial charge in [-0.2, -0.15) is 0 Å². The van der Waals surface area contributed by atoms with Crippen molar-refractivity contribution in [2.45, 2.75) is 25.1 Å². The molecule has 0 bridgehead atoms. The third kappa shape index (κ3) is 3.98. The molecule has 0 aliphatic carbocycles. The number of anilines is 2. The smallest absolute Gasteiger partial charge is 0.255 e. The van der Waals surface area contributed by atoms with Gasteiger partial charge in [-0.05, 0) is 35.7 Å². The molecular weight excluding hydrogens is 392 g/mol. The molecule has 4 nitrogen and oxygen atoms in total. The van der Waals surface area contributed by atoms with E-state index in [2.05, 4.69) is 25.2 Å². The lowest BCUT2D eigenvalue weighted by Gasteiger charge is -2.29. The lowest BCUT2D eigenvalue weighted by atomic mass is 10.00. The summed E-state index contributed by atoms with van der Waals surface area (Å²) in [5.74, 6) is 0.639. The topological polar surface area (TPSA) is 49.4 Å². The lowest BCUT2D eigenvalue weighted by Crippen LogP contribution is -2.29. The van der Waals surface area contributed by atoms with Gasteiger partial charge in [0.2, 0.25) is 5.91 Å². The number of nitrogens with one attached hydrogen (secondary N) is 1. The Hall–Kier alpha value is -3.05. The Kier molecular flexibility index (Phi) is 5.91. The van der Waals surface area contributed by atoms with E-state index in [0.29, 0.717) is 17.2 Å². The standard InChI is InChI=1S/C25H24N2O2S/c1-17(2)19-12-7-9-15-22(19)27-23(28)16-30-25(27)20-13-6-8-14-21(20)26-24(29)18-10-4-3-5-11-18/h3-15,17,25H,16H2,1-2H3,(H,26,29)/t25-/m1/s1. The molecule has 0 unspecified atom stereocenters. The first kappa shape index (κ1) is 20.2. The van der Waals surface area contributed by atoms with Crippen molar-refractivity contribution in [1.29, 1.82) is 0 Å². The molecule has 0 aromatic heterocycles. The zero-order valence-electron chi connectivity index (χ0n) is 17.0. The van der Waals surface area contributed by atoms with Gasteiger partial charge in [-0.25, -0.2) is 0 Å². The van der Waals surface area contributed by atoms with E-state index < -0.39 is 0 Å². The third-order valence-corrected chi connectivity index (χ3v) is 6.39. The minimum atomic E-state index is -0.190. The van der Waals surface area contributed by atoms with Crippen LogP contribution in [0.5, 0.6) is 0 Å². The Balaban J connectivity index is 1.70. The number of nitrogens with zero attached hydrogens (tertiary/aromatic N) is 1. The second kappa shape index (κ2) is 8.76. The fraction of sp³-hybridized carbons (Fsp3) is 0.200. The highest BCUT2D eigenvalue weighted by molar-refractivity contribution is 8.00. The fourth-order valence-corrected chi connectivity index (χ4v) is 4.92. The van der Waals surface area contributed by atoms with Crippen LogP contribution >= 0.6 is 11.8 Å². The lowest BCUT2D eigenvalue weighted by molar-refractivity contribution is -0.115. The van der Waals surface area contributed by atoms with Crippen molar-refractivity contribution in [2.24, 2.45) is 0 Å². The first-order chi connectivity index (χ1) is 14.6. The summed E-state index contributed by atoms with van der Waals surface area (Å²) in [5, 5.41) is 2.85. The Labute approximate surface area is 181 Å². The highest BCUT2D eigenvalue weighted by Crippen LogP contribution is 2.46. The number of benzene rings is 3. The van der Waals surface area contributed by atoms with Crippen molar-refractivity contribution in [3.05, 3.63) is 95.6 Å². The SMILES string of the molecule is CC(C)c1ccccc1N1C(=O)CS[C@@H]1c1ccccc1NC(=O)c1ccccc1. The summed E-state index contributed by atoms with van der Waals surface area (Å²) in [6, 6.07) is 25.0. The van der Waals surface area contributed by atoms with E-state index in [0.717, 1.165) is 22.5 Å². The molecule has 0 radical (unpaired) electrons. The van der Waals surface area contributed by atoms with Crippen LogP contribution in [0.1, 0.15) is 46.6 Å². The number of hydrogen-bond acceptors (Lipinski definition) is 3. The average Bonchev–Trinajstić information content (AvgIpc) is 3.15. The number of amides is 2. The molecule has 3 aromatic carbocycles. The molecule has 152 valence electrons. The third-order valence-electron chi connectivity index (χ3n) is 5.20. The van der Waals surface area contributed by atoms with Crippen molar-refractivity contribution >= 4 is 35.0 Å². The van der Waals surface area contributed by atoms with Gasteiger partial charge < -0.3 is 5.32 Å². The molecule has 2 amide bonds. The van der Waals surface area contributed by atoms with Crippen molar-refractivity contribution in [1.82, 2.24) is 0 Å². The maximum absolute atomic E-state index is 12.9. The van der Waals surface area contributed by atoms with E-state index in [1.54, 1.807) is 23.9 Å². The summed E-state index contributed by atoms with van der Waals surface area (Å²) in [5.41, 5.74) is 4.34. The van der Waals surface area contributed by atoms with Crippen LogP contribution in [0.4, 0.5) is 11.4 Å². The molecule has 1 aliphatic rings. The molecule has 30 heavy (non-hydrogen) atoms. The molecule has 0 spiro atoms. The molecule has 1 saturated heterocycles. The van der Waals surface area contributed by atoms with Gasteiger partial charge in [0.25, 0.3) is 5.91 Å². The van der Waals surface area contributed by atoms with Gasteiger partial charge in [0.1, 0.15) is 5.37 Å². The van der Waals surface area contributed by atoms with Crippen LogP contribution in [0.2, 0.25) is 0 Å². The summed E-state index contributed by atoms with van der Waals surface area (Å²) < 4.78 is 0. The Morgan fingerprint density at radius 2 is 1.63 bits per heavy atom. The highest BCUT2D eigenvalue weighted by atomic mass is 32.2. The predicted octanol–water partition coefficient (Wildman–Crippen LogP) is 5.84. The number of carbonyl (C=O) groups is 2. The second-order valence-electron chi connectivity index (χ2n) is 7.55. The van der Waals surface area contributed by atoms with E-state index in [-0.39, 0.29) is 17.2 Å². The first-order valence-electron chi connectivity index (χ1n) is 10.0. The van der Waals surface area contributed by atoms with Crippen LogP contribution < -0.4 is 10.2 Å². The molecular formula is C25H24N2O2S. The second-order valence-corrected chi connectivity index (χ2v) is 8.62. The predicted molar refractivity (Wildman–Crippen MR) is 124 cm³/mol. The van der Waals surface area contributed by atoms with Crippen molar-refractivity contribution in [2.75, 3.05) is 16.0 Å². The number of rotatable bonds is 5. The number of hydrogen-bond donors (Lipinski definition) is 1. The van der Waals surface area contributed by atoms with Crippen molar-refractivity contribution in [3.8, 4) is 0 Å². The summed E-state index contributed by atoms with van der Waals surface area (Å²) in [6.45, 7) is 4.27. The van der Waals surface area contributed by atoms with Gasteiger partial charge in [-0.1, -0.05) is 68.4 Å². The Bertz CT molecular complexity index is 1070. The van der Waals surface area contributed by atoms with Gasteiger partial charge in [0.15, 0.2) is 0 Å². The zero-order valence-corrected chi connectivity index (χ0v) is 17.9. The van der Waals surface area contributed by atoms with Crippen LogP contribution in [0.25, 0.3) is 0 Å². The maximum Gasteiger partial charge on any atom is 0.255 e. The van der Waals surface area contributed by atoms with Gasteiger partial charge in [-0.3, -0.25) is 14.5 Å². The molecule has 1 heterocycles. The molecule has 1 N–H and O–H groups in total. The molecule has 1 atom stereocenters. The van der Waals surface area contributed by atoms with Crippen LogP contribution in [0, 0.1) is 0 Å². The molecule has 3 aromatic rings. The molecule has 5 heteroatoms. The maximum atomic E-state index is 12.9. The summed E-state index contributed by atoms with van der Waals surface area (Å²) >= 11 is 1.59. The van der Waals surface area contributed by atoms with E-state index >= 15 is 0 Å². The van der Waals surface area contributed by atoms with Gasteiger partial charge in [-0.15, -0.1) is 11.8 Å². The van der Waals surface area contributed by atoms with Crippen LogP contribution in [0.3, 0.4) is 0 Å². The van der Waals surface area contributed by atoms with Gasteiger partial charge in [0, 0.05) is 22.5 Å². The minimum Gasteiger partial charge on any atom is -0.322 e. The first-order valence-corrected chi connectivity index (χ1v) is 11.1.